The Kier molecular flexibility index (Phi) is 6.94. The van der Waals surface area contributed by atoms with E-state index >= 15 is 0 Å². The predicted molar refractivity (Wildman–Crippen MR) is 137 cm³/mol. The molecule has 8 heteroatoms. The molecule has 0 radical (unpaired) electrons. The number of aliphatic imine (C=N–C) groups is 1. The first-order valence-corrected chi connectivity index (χ1v) is 13.1. The molecular formula is C30H24ClN3O4. The van der Waals surface area contributed by atoms with Gasteiger partial charge in [0.2, 0.25) is 11.4 Å². The maximum Gasteiger partial charge on any atom is 0.239 e. The fourth-order valence-corrected chi connectivity index (χ4v) is 4.94. The highest BCUT2D eigenvalue weighted by atomic mass is 35.7. The van der Waals surface area contributed by atoms with E-state index in [-0.39, 0.29) is 0 Å². The maximum absolute atomic E-state index is 8.49. The van der Waals surface area contributed by atoms with Crippen LogP contribution in [0.4, 0.5) is 11.4 Å². The van der Waals surface area contributed by atoms with Gasteiger partial charge in [-0.2, -0.15) is 4.58 Å². The van der Waals surface area contributed by atoms with Crippen molar-refractivity contribution in [1.29, 1.82) is 0 Å². The molecule has 0 saturated carbocycles. The first-order chi connectivity index (χ1) is 18.2. The quantitative estimate of drug-likeness (QED) is 0.335. The fourth-order valence-electron chi connectivity index (χ4n) is 4.94. The number of para-hydroxylation sites is 2. The molecule has 0 atom stereocenters. The molecule has 4 aromatic carbocycles. The second kappa shape index (κ2) is 10.3. The van der Waals surface area contributed by atoms with E-state index in [0.29, 0.717) is 0 Å². The van der Waals surface area contributed by atoms with Gasteiger partial charge in [-0.1, -0.05) is 78.9 Å². The van der Waals surface area contributed by atoms with Crippen LogP contribution in [0.25, 0.3) is 22.2 Å². The summed E-state index contributed by atoms with van der Waals surface area (Å²) in [7, 11) is -0.685. The van der Waals surface area contributed by atoms with Crippen molar-refractivity contribution in [3.63, 3.8) is 0 Å². The van der Waals surface area contributed by atoms with Crippen LogP contribution < -0.4 is 18.6 Å². The highest BCUT2D eigenvalue weighted by Gasteiger charge is 2.35. The summed E-state index contributed by atoms with van der Waals surface area (Å²) >= 11 is 0. The molecule has 38 heavy (non-hydrogen) atoms. The highest BCUT2D eigenvalue weighted by molar-refractivity contribution is 6.54. The molecule has 2 heterocycles. The summed E-state index contributed by atoms with van der Waals surface area (Å²) in [5.41, 5.74) is 10.1. The Morgan fingerprint density at radius 2 is 1.21 bits per heavy atom. The highest BCUT2D eigenvalue weighted by Crippen LogP contribution is 2.41. The second-order valence-electron chi connectivity index (χ2n) is 8.77. The van der Waals surface area contributed by atoms with E-state index in [9.17, 15) is 0 Å². The van der Waals surface area contributed by atoms with Gasteiger partial charge in [-0.05, 0) is 24.3 Å². The number of halogens is 1. The van der Waals surface area contributed by atoms with E-state index in [2.05, 4.69) is 132 Å². The van der Waals surface area contributed by atoms with E-state index < -0.39 is 10.2 Å². The summed E-state index contributed by atoms with van der Waals surface area (Å²) < 4.78 is 38.5. The molecule has 190 valence electrons. The van der Waals surface area contributed by atoms with Crippen LogP contribution in [-0.4, -0.2) is 27.6 Å². The van der Waals surface area contributed by atoms with Gasteiger partial charge >= 0.3 is 0 Å². The van der Waals surface area contributed by atoms with Crippen LogP contribution in [0, 0.1) is 10.2 Å². The van der Waals surface area contributed by atoms with Gasteiger partial charge in [-0.25, -0.2) is 23.6 Å². The Hall–Kier alpha value is -4.11. The topological polar surface area (TPSA) is 113 Å². The summed E-state index contributed by atoms with van der Waals surface area (Å²) in [5, 5.41) is 1.16. The monoisotopic (exact) mass is 525 g/mol. The molecule has 0 unspecified atom stereocenters. The Morgan fingerprint density at radius 3 is 1.87 bits per heavy atom. The van der Waals surface area contributed by atoms with Crippen molar-refractivity contribution in [2.24, 2.45) is 12.0 Å². The third kappa shape index (κ3) is 5.02. The minimum atomic E-state index is -4.94. The standard InChI is InChI=1S/C30H24N3.ClHO4/c1-32-25-19-11-9-17-23(25)27(29(32)21-13-5-3-6-14-21)31-28-24-18-10-12-20-26(24)33(2)30(28)22-15-7-4-8-16-22;2-1(3,4)5/h3-20H,1-2H3;(H,2,3,4,5)/q+1;/p-1. The number of fused-ring (bicyclic) bond motifs is 2. The van der Waals surface area contributed by atoms with Crippen LogP contribution in [-0.2, 0) is 7.05 Å². The lowest BCUT2D eigenvalue weighted by atomic mass is 10.0. The van der Waals surface area contributed by atoms with Gasteiger partial charge in [0.05, 0.1) is 22.5 Å². The molecule has 0 spiro atoms. The number of hydrogen-bond donors (Lipinski definition) is 0. The molecule has 0 bridgehead atoms. The summed E-state index contributed by atoms with van der Waals surface area (Å²) in [5.74, 6) is 0. The van der Waals surface area contributed by atoms with Gasteiger partial charge < -0.3 is 4.57 Å². The van der Waals surface area contributed by atoms with Crippen LogP contribution >= 0.6 is 0 Å². The first-order valence-electron chi connectivity index (χ1n) is 11.8. The minimum absolute atomic E-state index is 1.01. The largest absolute Gasteiger partial charge is 0.342 e. The van der Waals surface area contributed by atoms with Gasteiger partial charge in [-0.3, -0.25) is 0 Å². The Labute approximate surface area is 222 Å². The predicted octanol–water partition coefficient (Wildman–Crippen LogP) is 1.99. The lowest BCUT2D eigenvalue weighted by Crippen LogP contribution is -2.68. The zero-order chi connectivity index (χ0) is 26.9. The molecule has 0 amide bonds. The van der Waals surface area contributed by atoms with E-state index in [1.807, 2.05) is 0 Å². The van der Waals surface area contributed by atoms with Crippen molar-refractivity contribution >= 4 is 33.7 Å². The second-order valence-corrected chi connectivity index (χ2v) is 9.52. The molecule has 0 saturated heterocycles. The van der Waals surface area contributed by atoms with Gasteiger partial charge in [0.25, 0.3) is 0 Å². The van der Waals surface area contributed by atoms with Crippen molar-refractivity contribution in [3.05, 3.63) is 120 Å². The number of nitrogens with zero attached hydrogens (tertiary/aromatic N) is 3. The Bertz CT molecular complexity index is 1660. The number of hydrogen-bond acceptors (Lipinski definition) is 5. The third-order valence-electron chi connectivity index (χ3n) is 6.48. The molecule has 1 aliphatic heterocycles. The Balaban J connectivity index is 0.000000540. The smallest absolute Gasteiger partial charge is 0.239 e. The number of rotatable bonds is 3. The van der Waals surface area contributed by atoms with Crippen molar-refractivity contribution in [2.75, 3.05) is 7.05 Å². The molecule has 1 aromatic heterocycles. The summed E-state index contributed by atoms with van der Waals surface area (Å²) in [4.78, 5) is 5.45. The van der Waals surface area contributed by atoms with Crippen molar-refractivity contribution in [2.45, 2.75) is 0 Å². The number of aryl methyl sites for hydroxylation is 1. The molecule has 5 aromatic rings. The summed E-state index contributed by atoms with van der Waals surface area (Å²) in [6.07, 6.45) is 0. The summed E-state index contributed by atoms with van der Waals surface area (Å²) in [6.45, 7) is 0. The van der Waals surface area contributed by atoms with Crippen LogP contribution in [0.15, 0.2) is 114 Å². The molecular weight excluding hydrogens is 502 g/mol. The SMILES string of the molecule is Cn1c(-c2ccccc2)c(/N=C2\C(c3ccccc3)=[N+](C)c3ccccc32)c2ccccc21.[O-][Cl+3]([O-])([O-])[O-]. The lowest BCUT2D eigenvalue weighted by Gasteiger charge is -2.17. The van der Waals surface area contributed by atoms with E-state index in [1.165, 1.54) is 11.2 Å². The zero-order valence-corrected chi connectivity index (χ0v) is 21.5. The first kappa shape index (κ1) is 25.5. The normalized spacial score (nSPS) is 14.0. The van der Waals surface area contributed by atoms with Gasteiger partial charge in [0, 0.05) is 29.6 Å². The van der Waals surface area contributed by atoms with Crippen LogP contribution in [0.3, 0.4) is 0 Å². The summed E-state index contributed by atoms with van der Waals surface area (Å²) in [6, 6.07) is 38.2. The maximum atomic E-state index is 8.49. The molecule has 0 fully saturated rings. The van der Waals surface area contributed by atoms with Crippen LogP contribution in [0.1, 0.15) is 11.1 Å². The number of benzene rings is 4. The van der Waals surface area contributed by atoms with Gasteiger partial charge in [-0.15, -0.1) is 10.2 Å². The average molecular weight is 526 g/mol. The average Bonchev–Trinajstić information content (AvgIpc) is 3.35. The lowest BCUT2D eigenvalue weighted by molar-refractivity contribution is -2.00. The Morgan fingerprint density at radius 1 is 0.684 bits per heavy atom. The minimum Gasteiger partial charge on any atom is -0.342 e. The number of aromatic nitrogens is 1. The fraction of sp³-hybridized carbons (Fsp3) is 0.0667. The molecule has 7 nitrogen and oxygen atoms in total. The van der Waals surface area contributed by atoms with E-state index in [0.717, 1.165) is 44.9 Å². The van der Waals surface area contributed by atoms with Crippen molar-refractivity contribution in [3.8, 4) is 11.3 Å². The molecule has 1 aliphatic rings. The third-order valence-corrected chi connectivity index (χ3v) is 6.48. The van der Waals surface area contributed by atoms with Crippen molar-refractivity contribution < 1.29 is 33.5 Å². The van der Waals surface area contributed by atoms with Crippen molar-refractivity contribution in [1.82, 2.24) is 4.57 Å². The van der Waals surface area contributed by atoms with Gasteiger partial charge in [0.1, 0.15) is 12.8 Å². The molecule has 0 aliphatic carbocycles. The van der Waals surface area contributed by atoms with Crippen LogP contribution in [0.5, 0.6) is 0 Å². The zero-order valence-electron chi connectivity index (χ0n) is 20.7. The molecule has 6 rings (SSSR count). The van der Waals surface area contributed by atoms with Gasteiger partial charge in [0.15, 0.2) is 0 Å². The van der Waals surface area contributed by atoms with Crippen LogP contribution in [0.2, 0.25) is 0 Å². The van der Waals surface area contributed by atoms with E-state index in [1.54, 1.807) is 0 Å². The van der Waals surface area contributed by atoms with E-state index in [4.69, 9.17) is 23.6 Å². The molecule has 0 N–H and O–H groups in total.